The van der Waals surface area contributed by atoms with Crippen LogP contribution in [0.1, 0.15) is 6.92 Å². The van der Waals surface area contributed by atoms with Crippen molar-refractivity contribution in [2.24, 2.45) is 0 Å². The Morgan fingerprint density at radius 1 is 1.42 bits per heavy atom. The van der Waals surface area contributed by atoms with Crippen LogP contribution >= 0.6 is 0 Å². The SMILES string of the molecule is C[C@@H]1O[C@H]([C@H](F)CF)[C@H](O)C1O. The summed E-state index contributed by atoms with van der Waals surface area (Å²) in [7, 11) is 0. The zero-order chi connectivity index (χ0) is 9.30. The summed E-state index contributed by atoms with van der Waals surface area (Å²) in [5.41, 5.74) is 0. The molecule has 3 nitrogen and oxygen atoms in total. The molecule has 0 bridgehead atoms. The fourth-order valence-corrected chi connectivity index (χ4v) is 1.27. The van der Waals surface area contributed by atoms with Gasteiger partial charge in [-0.05, 0) is 6.92 Å². The third-order valence-corrected chi connectivity index (χ3v) is 2.04. The van der Waals surface area contributed by atoms with E-state index in [0.717, 1.165) is 0 Å². The fourth-order valence-electron chi connectivity index (χ4n) is 1.27. The fraction of sp³-hybridized carbons (Fsp3) is 1.00. The number of halogens is 2. The molecule has 0 radical (unpaired) electrons. The zero-order valence-corrected chi connectivity index (χ0v) is 6.65. The summed E-state index contributed by atoms with van der Waals surface area (Å²) in [6.45, 7) is 0.292. The Morgan fingerprint density at radius 3 is 2.33 bits per heavy atom. The molecule has 0 aliphatic carbocycles. The Labute approximate surface area is 69.0 Å². The molecule has 2 N–H and O–H groups in total. The van der Waals surface area contributed by atoms with Crippen LogP contribution in [0.4, 0.5) is 8.78 Å². The molecule has 5 atom stereocenters. The van der Waals surface area contributed by atoms with Gasteiger partial charge in [-0.15, -0.1) is 0 Å². The Bertz CT molecular complexity index is 156. The molecule has 0 aromatic rings. The molecule has 0 aromatic carbocycles. The van der Waals surface area contributed by atoms with E-state index in [2.05, 4.69) is 0 Å². The molecule has 1 unspecified atom stereocenters. The Morgan fingerprint density at radius 2 is 2.00 bits per heavy atom. The Balaban J connectivity index is 2.58. The Hall–Kier alpha value is -0.260. The van der Waals surface area contributed by atoms with Gasteiger partial charge in [-0.3, -0.25) is 0 Å². The van der Waals surface area contributed by atoms with Crippen molar-refractivity contribution in [3.8, 4) is 0 Å². The number of rotatable bonds is 2. The lowest BCUT2D eigenvalue weighted by molar-refractivity contribution is -0.0382. The van der Waals surface area contributed by atoms with Crippen LogP contribution in [0.15, 0.2) is 0 Å². The first kappa shape index (κ1) is 9.83. The highest BCUT2D eigenvalue weighted by molar-refractivity contribution is 4.92. The maximum absolute atomic E-state index is 12.7. The van der Waals surface area contributed by atoms with Crippen molar-refractivity contribution in [2.45, 2.75) is 37.5 Å². The van der Waals surface area contributed by atoms with Gasteiger partial charge in [0.15, 0.2) is 6.17 Å². The van der Waals surface area contributed by atoms with E-state index in [1.807, 2.05) is 0 Å². The maximum Gasteiger partial charge on any atom is 0.157 e. The minimum absolute atomic E-state index is 0.644. The molecule has 12 heavy (non-hydrogen) atoms. The highest BCUT2D eigenvalue weighted by Gasteiger charge is 2.44. The molecule has 0 aromatic heterocycles. The van der Waals surface area contributed by atoms with Crippen molar-refractivity contribution in [3.63, 3.8) is 0 Å². The number of hydrogen-bond donors (Lipinski definition) is 2. The second kappa shape index (κ2) is 3.64. The van der Waals surface area contributed by atoms with Gasteiger partial charge in [-0.1, -0.05) is 0 Å². The summed E-state index contributed by atoms with van der Waals surface area (Å²) in [5.74, 6) is 0. The average Bonchev–Trinajstić information content (AvgIpc) is 2.32. The first-order chi connectivity index (χ1) is 5.57. The Kier molecular flexibility index (Phi) is 2.98. The largest absolute Gasteiger partial charge is 0.388 e. The van der Waals surface area contributed by atoms with Gasteiger partial charge in [0.25, 0.3) is 0 Å². The topological polar surface area (TPSA) is 49.7 Å². The second-order valence-corrected chi connectivity index (χ2v) is 2.96. The molecule has 1 heterocycles. The van der Waals surface area contributed by atoms with E-state index < -0.39 is 37.3 Å². The van der Waals surface area contributed by atoms with Crippen LogP contribution in [0.25, 0.3) is 0 Å². The molecule has 5 heteroatoms. The van der Waals surface area contributed by atoms with E-state index in [0.29, 0.717) is 0 Å². The number of aliphatic hydroxyl groups excluding tert-OH is 2. The van der Waals surface area contributed by atoms with Crippen LogP contribution in [0, 0.1) is 0 Å². The average molecular weight is 182 g/mol. The smallest absolute Gasteiger partial charge is 0.157 e. The second-order valence-electron chi connectivity index (χ2n) is 2.96. The lowest BCUT2D eigenvalue weighted by Gasteiger charge is -2.16. The normalized spacial score (nSPS) is 44.8. The first-order valence-electron chi connectivity index (χ1n) is 3.79. The van der Waals surface area contributed by atoms with Crippen molar-refractivity contribution >= 4 is 0 Å². The zero-order valence-electron chi connectivity index (χ0n) is 6.65. The van der Waals surface area contributed by atoms with E-state index in [-0.39, 0.29) is 0 Å². The summed E-state index contributed by atoms with van der Waals surface area (Å²) in [6.07, 6.45) is -6.19. The minimum Gasteiger partial charge on any atom is -0.388 e. The predicted octanol–water partition coefficient (Wildman–Crippen LogP) is -0.197. The van der Waals surface area contributed by atoms with Gasteiger partial charge in [0.05, 0.1) is 6.10 Å². The number of aliphatic hydroxyl groups is 2. The molecular formula is C7H12F2O3. The molecule has 0 spiro atoms. The first-order valence-corrected chi connectivity index (χ1v) is 3.79. The molecule has 1 saturated heterocycles. The molecule has 1 rings (SSSR count). The van der Waals surface area contributed by atoms with Gasteiger partial charge in [0.2, 0.25) is 0 Å². The van der Waals surface area contributed by atoms with Crippen LogP contribution < -0.4 is 0 Å². The lowest BCUT2D eigenvalue weighted by atomic mass is 10.1. The molecule has 1 aliphatic rings. The molecule has 0 amide bonds. The third-order valence-electron chi connectivity index (χ3n) is 2.04. The summed E-state index contributed by atoms with van der Waals surface area (Å²) in [5, 5.41) is 18.3. The maximum atomic E-state index is 12.7. The highest BCUT2D eigenvalue weighted by atomic mass is 19.2. The predicted molar refractivity (Wildman–Crippen MR) is 37.2 cm³/mol. The van der Waals surface area contributed by atoms with Gasteiger partial charge in [-0.2, -0.15) is 0 Å². The van der Waals surface area contributed by atoms with Crippen molar-refractivity contribution in [2.75, 3.05) is 6.67 Å². The number of ether oxygens (including phenoxy) is 1. The monoisotopic (exact) mass is 182 g/mol. The highest BCUT2D eigenvalue weighted by Crippen LogP contribution is 2.24. The van der Waals surface area contributed by atoms with Gasteiger partial charge in [0, 0.05) is 0 Å². The van der Waals surface area contributed by atoms with E-state index in [1.54, 1.807) is 0 Å². The molecule has 1 aliphatic heterocycles. The summed E-state index contributed by atoms with van der Waals surface area (Å²) in [4.78, 5) is 0. The van der Waals surface area contributed by atoms with Gasteiger partial charge < -0.3 is 14.9 Å². The van der Waals surface area contributed by atoms with Gasteiger partial charge >= 0.3 is 0 Å². The van der Waals surface area contributed by atoms with Crippen molar-refractivity contribution < 1.29 is 23.7 Å². The lowest BCUT2D eigenvalue weighted by Crippen LogP contribution is -2.37. The number of hydrogen-bond acceptors (Lipinski definition) is 3. The third kappa shape index (κ3) is 1.57. The summed E-state index contributed by atoms with van der Waals surface area (Å²) in [6, 6.07) is 0. The van der Waals surface area contributed by atoms with Crippen LogP contribution in [0.3, 0.4) is 0 Å². The minimum atomic E-state index is -1.86. The van der Waals surface area contributed by atoms with Crippen molar-refractivity contribution in [3.05, 3.63) is 0 Å². The van der Waals surface area contributed by atoms with Crippen molar-refractivity contribution in [1.82, 2.24) is 0 Å². The van der Waals surface area contributed by atoms with Crippen LogP contribution in [-0.4, -0.2) is 47.5 Å². The molecule has 72 valence electrons. The summed E-state index contributed by atoms with van der Waals surface area (Å²) >= 11 is 0. The van der Waals surface area contributed by atoms with Crippen molar-refractivity contribution in [1.29, 1.82) is 0 Å². The van der Waals surface area contributed by atoms with E-state index in [1.165, 1.54) is 6.92 Å². The van der Waals surface area contributed by atoms with Gasteiger partial charge in [0.1, 0.15) is 25.0 Å². The standard InChI is InChI=1S/C7H12F2O3/c1-3-5(10)6(11)7(12-3)4(9)2-8/h3-7,10-11H,2H2,1H3/t3-,4+,5?,6+,7+/m0/s1. The van der Waals surface area contributed by atoms with Crippen LogP contribution in [0.5, 0.6) is 0 Å². The quantitative estimate of drug-likeness (QED) is 0.622. The van der Waals surface area contributed by atoms with E-state index >= 15 is 0 Å². The van der Waals surface area contributed by atoms with E-state index in [9.17, 15) is 8.78 Å². The van der Waals surface area contributed by atoms with Gasteiger partial charge in [-0.25, -0.2) is 8.78 Å². The van der Waals surface area contributed by atoms with Crippen LogP contribution in [-0.2, 0) is 4.74 Å². The molecule has 0 saturated carbocycles. The van der Waals surface area contributed by atoms with E-state index in [4.69, 9.17) is 14.9 Å². The number of alkyl halides is 2. The van der Waals surface area contributed by atoms with Crippen LogP contribution in [0.2, 0.25) is 0 Å². The molecule has 1 fully saturated rings. The summed E-state index contributed by atoms with van der Waals surface area (Å²) < 4.78 is 29.3. The molecular weight excluding hydrogens is 170 g/mol.